The van der Waals surface area contributed by atoms with Crippen LogP contribution in [0.3, 0.4) is 0 Å². The predicted octanol–water partition coefficient (Wildman–Crippen LogP) is 1.76. The number of rotatable bonds is 6. The number of benzene rings is 1. The van der Waals surface area contributed by atoms with Gasteiger partial charge in [0.05, 0.1) is 32.1 Å². The van der Waals surface area contributed by atoms with Crippen LogP contribution in [0.5, 0.6) is 11.5 Å². The Bertz CT molecular complexity index is 941. The van der Waals surface area contributed by atoms with E-state index in [2.05, 4.69) is 0 Å². The Morgan fingerprint density at radius 2 is 1.74 bits per heavy atom. The molecule has 1 aliphatic carbocycles. The zero-order chi connectivity index (χ0) is 24.4. The molecule has 0 bridgehead atoms. The lowest BCUT2D eigenvalue weighted by Gasteiger charge is -2.43. The summed E-state index contributed by atoms with van der Waals surface area (Å²) in [5, 5.41) is 16.3. The highest BCUT2D eigenvalue weighted by Gasteiger charge is 2.44. The average molecular weight is 473 g/mol. The zero-order valence-electron chi connectivity index (χ0n) is 20.3. The summed E-state index contributed by atoms with van der Waals surface area (Å²) in [6.45, 7) is 2.50. The van der Waals surface area contributed by atoms with Gasteiger partial charge in [0, 0.05) is 30.5 Å². The van der Waals surface area contributed by atoms with Gasteiger partial charge < -0.3 is 25.2 Å². The van der Waals surface area contributed by atoms with E-state index < -0.39 is 12.1 Å². The van der Waals surface area contributed by atoms with Gasteiger partial charge in [0.2, 0.25) is 11.8 Å². The largest absolute Gasteiger partial charge is 0.493 e. The van der Waals surface area contributed by atoms with Crippen LogP contribution in [0.15, 0.2) is 23.3 Å². The number of hydrogen-bond acceptors (Lipinski definition) is 7. The Morgan fingerprint density at radius 3 is 2.35 bits per heavy atom. The number of likely N-dealkylation sites (tertiary alicyclic amines) is 1. The summed E-state index contributed by atoms with van der Waals surface area (Å²) < 4.78 is 10.9. The molecule has 3 aliphatic rings. The fourth-order valence-electron chi connectivity index (χ4n) is 5.44. The van der Waals surface area contributed by atoms with E-state index in [-0.39, 0.29) is 29.7 Å². The molecule has 2 fully saturated rings. The van der Waals surface area contributed by atoms with Crippen molar-refractivity contribution in [1.29, 1.82) is 0 Å². The Balaban J connectivity index is 1.59. The number of hydrogen-bond donors (Lipinski definition) is 2. The van der Waals surface area contributed by atoms with Crippen molar-refractivity contribution in [3.8, 4) is 11.5 Å². The highest BCUT2D eigenvalue weighted by atomic mass is 16.5. The highest BCUT2D eigenvalue weighted by Crippen LogP contribution is 2.40. The first-order valence-electron chi connectivity index (χ1n) is 12.2. The summed E-state index contributed by atoms with van der Waals surface area (Å²) in [5.41, 5.74) is 7.72. The Morgan fingerprint density at radius 1 is 1.09 bits per heavy atom. The molecule has 1 saturated heterocycles. The topological polar surface area (TPSA) is 118 Å². The molecule has 2 heterocycles. The second-order valence-electron chi connectivity index (χ2n) is 9.56. The first-order valence-corrected chi connectivity index (χ1v) is 12.2. The summed E-state index contributed by atoms with van der Waals surface area (Å²) in [6, 6.07) is 4.81. The SMILES string of the molecule is COc1ccc(C2=NN(C3CCN(C(=O)[C@@H](N)[C@@H](C)O)CC3)C(=O)[C@@H]3CCCC[C@H]23)cc1OC. The molecule has 0 spiro atoms. The maximum atomic E-state index is 13.5. The maximum absolute atomic E-state index is 13.5. The number of carbonyl (C=O) groups excluding carboxylic acids is 2. The number of carbonyl (C=O) groups is 2. The first kappa shape index (κ1) is 24.5. The van der Waals surface area contributed by atoms with Crippen molar-refractivity contribution in [3.05, 3.63) is 23.8 Å². The molecule has 0 unspecified atom stereocenters. The molecule has 3 N–H and O–H groups in total. The van der Waals surface area contributed by atoms with Crippen LogP contribution in [0.25, 0.3) is 0 Å². The molecule has 2 amide bonds. The number of aliphatic hydroxyl groups is 1. The van der Waals surface area contributed by atoms with E-state index in [0.717, 1.165) is 37.0 Å². The van der Waals surface area contributed by atoms with Crippen molar-refractivity contribution in [2.75, 3.05) is 27.3 Å². The van der Waals surface area contributed by atoms with Crippen molar-refractivity contribution in [2.24, 2.45) is 22.7 Å². The molecular formula is C25H36N4O5. The quantitative estimate of drug-likeness (QED) is 0.651. The number of ether oxygens (including phenoxy) is 2. The summed E-state index contributed by atoms with van der Waals surface area (Å²) in [7, 11) is 3.22. The van der Waals surface area contributed by atoms with Crippen LogP contribution >= 0.6 is 0 Å². The van der Waals surface area contributed by atoms with E-state index in [1.165, 1.54) is 6.92 Å². The molecule has 1 saturated carbocycles. The van der Waals surface area contributed by atoms with E-state index in [4.69, 9.17) is 20.3 Å². The van der Waals surface area contributed by atoms with Gasteiger partial charge in [0.1, 0.15) is 6.04 Å². The number of hydrazone groups is 1. The van der Waals surface area contributed by atoms with Crippen molar-refractivity contribution >= 4 is 17.5 Å². The van der Waals surface area contributed by atoms with Gasteiger partial charge in [0.15, 0.2) is 11.5 Å². The lowest BCUT2D eigenvalue weighted by Crippen LogP contribution is -2.55. The minimum Gasteiger partial charge on any atom is -0.493 e. The third-order valence-corrected chi connectivity index (χ3v) is 7.48. The molecule has 0 aromatic heterocycles. The molecule has 186 valence electrons. The van der Waals surface area contributed by atoms with Crippen LogP contribution < -0.4 is 15.2 Å². The summed E-state index contributed by atoms with van der Waals surface area (Å²) in [4.78, 5) is 27.7. The molecule has 9 nitrogen and oxygen atoms in total. The Hall–Kier alpha value is -2.65. The summed E-state index contributed by atoms with van der Waals surface area (Å²) >= 11 is 0. The normalized spacial score (nSPS) is 25.3. The monoisotopic (exact) mass is 472 g/mol. The van der Waals surface area contributed by atoms with Crippen LogP contribution in [-0.2, 0) is 9.59 Å². The van der Waals surface area contributed by atoms with Crippen LogP contribution in [0, 0.1) is 11.8 Å². The van der Waals surface area contributed by atoms with E-state index >= 15 is 0 Å². The smallest absolute Gasteiger partial charge is 0.246 e. The van der Waals surface area contributed by atoms with Crippen LogP contribution in [0.1, 0.15) is 51.0 Å². The van der Waals surface area contributed by atoms with E-state index in [1.54, 1.807) is 24.1 Å². The van der Waals surface area contributed by atoms with Gasteiger partial charge >= 0.3 is 0 Å². The third-order valence-electron chi connectivity index (χ3n) is 7.48. The first-order chi connectivity index (χ1) is 16.3. The van der Waals surface area contributed by atoms with Crippen LogP contribution in [0.2, 0.25) is 0 Å². The van der Waals surface area contributed by atoms with Crippen molar-refractivity contribution in [2.45, 2.75) is 63.6 Å². The molecule has 1 aromatic rings. The molecular weight excluding hydrogens is 436 g/mol. The second kappa shape index (κ2) is 10.3. The van der Waals surface area contributed by atoms with Crippen molar-refractivity contribution in [1.82, 2.24) is 9.91 Å². The fourth-order valence-corrected chi connectivity index (χ4v) is 5.44. The number of fused-ring (bicyclic) bond motifs is 1. The zero-order valence-corrected chi connectivity index (χ0v) is 20.3. The number of nitrogens with two attached hydrogens (primary N) is 1. The van der Waals surface area contributed by atoms with Gasteiger partial charge in [-0.2, -0.15) is 5.10 Å². The Labute approximate surface area is 200 Å². The second-order valence-corrected chi connectivity index (χ2v) is 9.56. The van der Waals surface area contributed by atoms with Crippen molar-refractivity contribution in [3.63, 3.8) is 0 Å². The van der Waals surface area contributed by atoms with Gasteiger partial charge in [-0.1, -0.05) is 12.8 Å². The lowest BCUT2D eigenvalue weighted by molar-refractivity contribution is -0.143. The predicted molar refractivity (Wildman–Crippen MR) is 128 cm³/mol. The van der Waals surface area contributed by atoms with Crippen molar-refractivity contribution < 1.29 is 24.2 Å². The van der Waals surface area contributed by atoms with Crippen LogP contribution in [-0.4, -0.2) is 78.0 Å². The van der Waals surface area contributed by atoms with Gasteiger partial charge in [0.25, 0.3) is 0 Å². The van der Waals surface area contributed by atoms with E-state index in [0.29, 0.717) is 37.4 Å². The molecule has 2 aliphatic heterocycles. The Kier molecular flexibility index (Phi) is 7.42. The van der Waals surface area contributed by atoms with Crippen LogP contribution in [0.4, 0.5) is 0 Å². The fraction of sp³-hybridized carbons (Fsp3) is 0.640. The third kappa shape index (κ3) is 4.63. The molecule has 0 radical (unpaired) electrons. The molecule has 9 heteroatoms. The molecule has 4 atom stereocenters. The maximum Gasteiger partial charge on any atom is 0.246 e. The van der Waals surface area contributed by atoms with E-state index in [1.807, 2.05) is 18.2 Å². The number of nitrogens with zero attached hydrogens (tertiary/aromatic N) is 3. The molecule has 1 aromatic carbocycles. The number of aliphatic hydroxyl groups excluding tert-OH is 1. The van der Waals surface area contributed by atoms with Gasteiger partial charge in [-0.15, -0.1) is 0 Å². The minimum absolute atomic E-state index is 0.0716. The summed E-state index contributed by atoms with van der Waals surface area (Å²) in [5.74, 6) is 1.17. The average Bonchev–Trinajstić information content (AvgIpc) is 2.88. The highest BCUT2D eigenvalue weighted by molar-refractivity contribution is 6.07. The lowest BCUT2D eigenvalue weighted by atomic mass is 9.73. The number of methoxy groups -OCH3 is 2. The number of amides is 2. The standard InChI is InChI=1S/C25H36N4O5/c1-15(30)22(26)25(32)28-12-10-17(11-13-28)29-24(31)19-7-5-4-6-18(19)23(27-29)16-8-9-20(33-2)21(14-16)34-3/h8-9,14-15,17-19,22,30H,4-7,10-13,26H2,1-3H3/t15-,18+,19-,22+/m1/s1. The number of piperidine rings is 1. The van der Waals surface area contributed by atoms with Gasteiger partial charge in [-0.25, -0.2) is 5.01 Å². The minimum atomic E-state index is -0.925. The van der Waals surface area contributed by atoms with Gasteiger partial charge in [-0.3, -0.25) is 9.59 Å². The summed E-state index contributed by atoms with van der Waals surface area (Å²) in [6.07, 6.45) is 4.31. The molecule has 34 heavy (non-hydrogen) atoms. The molecule has 4 rings (SSSR count). The van der Waals surface area contributed by atoms with E-state index in [9.17, 15) is 14.7 Å². The van der Waals surface area contributed by atoms with Gasteiger partial charge in [-0.05, 0) is 50.8 Å².